The van der Waals surface area contributed by atoms with Gasteiger partial charge < -0.3 is 15.0 Å². The first kappa shape index (κ1) is 17.7. The lowest BCUT2D eigenvalue weighted by Gasteiger charge is -2.53. The Labute approximate surface area is 199 Å². The number of ether oxygens (including phenoxy) is 1. The van der Waals surface area contributed by atoms with Crippen LogP contribution in [0.5, 0.6) is 5.88 Å². The van der Waals surface area contributed by atoms with Gasteiger partial charge in [-0.3, -0.25) is 9.20 Å². The van der Waals surface area contributed by atoms with E-state index in [4.69, 9.17) is 8.85 Å². The van der Waals surface area contributed by atoms with Gasteiger partial charge in [0.1, 0.15) is 5.52 Å². The monoisotopic (exact) mass is 467 g/mol. The van der Waals surface area contributed by atoms with Crippen molar-refractivity contribution in [3.63, 3.8) is 0 Å². The van der Waals surface area contributed by atoms with Gasteiger partial charge >= 0.3 is 0 Å². The van der Waals surface area contributed by atoms with Crippen LogP contribution in [0.15, 0.2) is 31.0 Å². The summed E-state index contributed by atoms with van der Waals surface area (Å²) in [6.45, 7) is -1.62. The van der Waals surface area contributed by atoms with Crippen LogP contribution >= 0.6 is 0 Å². The minimum atomic E-state index is -2.59. The number of imidazole rings is 1. The van der Waals surface area contributed by atoms with Crippen LogP contribution in [0.25, 0.3) is 22.4 Å². The Kier molecular flexibility index (Phi) is 3.97. The van der Waals surface area contributed by atoms with E-state index in [2.05, 4.69) is 25.4 Å². The van der Waals surface area contributed by atoms with Gasteiger partial charge in [0.05, 0.1) is 18.9 Å². The van der Waals surface area contributed by atoms with Gasteiger partial charge in [-0.1, -0.05) is 0 Å². The van der Waals surface area contributed by atoms with E-state index in [1.165, 1.54) is 22.7 Å². The molecule has 1 N–H and O–H groups in total. The SMILES string of the molecule is [2H]C([2H])([2H])C(=O)N1CC2(CCC(Nc3nc(OC)c4c(-c5cnc6nccn6c5)c(F)cn4n3)CC2)C1. The Morgan fingerprint density at radius 2 is 2.12 bits per heavy atom. The molecule has 4 aromatic rings. The molecule has 11 heteroatoms. The highest BCUT2D eigenvalue weighted by Crippen LogP contribution is 2.44. The molecule has 1 aliphatic carbocycles. The maximum Gasteiger partial charge on any atom is 0.244 e. The summed E-state index contributed by atoms with van der Waals surface area (Å²) in [5.41, 5.74) is 1.19. The second kappa shape index (κ2) is 7.64. The first-order valence-corrected chi connectivity index (χ1v) is 11.1. The molecule has 1 saturated carbocycles. The van der Waals surface area contributed by atoms with Gasteiger partial charge in [-0.25, -0.2) is 18.9 Å². The van der Waals surface area contributed by atoms with Crippen LogP contribution < -0.4 is 10.1 Å². The van der Waals surface area contributed by atoms with E-state index in [-0.39, 0.29) is 22.9 Å². The molecule has 10 nitrogen and oxygen atoms in total. The van der Waals surface area contributed by atoms with E-state index in [0.717, 1.165) is 25.7 Å². The third kappa shape index (κ3) is 3.34. The molecule has 0 aromatic carbocycles. The number of aromatic nitrogens is 6. The highest BCUT2D eigenvalue weighted by molar-refractivity contribution is 5.84. The van der Waals surface area contributed by atoms with E-state index in [0.29, 0.717) is 35.9 Å². The van der Waals surface area contributed by atoms with Gasteiger partial charge in [0.25, 0.3) is 0 Å². The first-order valence-electron chi connectivity index (χ1n) is 12.6. The van der Waals surface area contributed by atoms with Gasteiger partial charge in [0.2, 0.25) is 23.5 Å². The molecule has 0 unspecified atom stereocenters. The normalized spacial score (nSPS) is 19.6. The Morgan fingerprint density at radius 1 is 1.29 bits per heavy atom. The van der Waals surface area contributed by atoms with Crippen molar-refractivity contribution in [1.82, 2.24) is 33.9 Å². The van der Waals surface area contributed by atoms with Crippen molar-refractivity contribution in [2.24, 2.45) is 5.41 Å². The molecule has 0 radical (unpaired) electrons. The Bertz CT molecular complexity index is 1500. The quantitative estimate of drug-likeness (QED) is 0.492. The maximum absolute atomic E-state index is 15.1. The highest BCUT2D eigenvalue weighted by atomic mass is 19.1. The van der Waals surface area contributed by atoms with Crippen molar-refractivity contribution >= 4 is 23.1 Å². The van der Waals surface area contributed by atoms with Crippen LogP contribution in [-0.2, 0) is 4.79 Å². The molecule has 4 aromatic heterocycles. The fourth-order valence-electron chi connectivity index (χ4n) is 5.23. The number of methoxy groups -OCH3 is 1. The Morgan fingerprint density at radius 3 is 2.88 bits per heavy atom. The molecule has 2 aliphatic rings. The summed E-state index contributed by atoms with van der Waals surface area (Å²) in [6, 6.07) is 0.0906. The van der Waals surface area contributed by atoms with E-state index in [9.17, 15) is 4.79 Å². The van der Waals surface area contributed by atoms with Gasteiger partial charge in [-0.05, 0) is 25.7 Å². The number of hydrogen-bond donors (Lipinski definition) is 1. The molecular weight excluding hydrogens is 439 g/mol. The number of amides is 1. The number of carbonyl (C=O) groups excluding carboxylic acids is 1. The second-order valence-corrected chi connectivity index (χ2v) is 9.15. The predicted octanol–water partition coefficient (Wildman–Crippen LogP) is 2.79. The molecule has 0 bridgehead atoms. The summed E-state index contributed by atoms with van der Waals surface area (Å²) in [6.07, 6.45) is 11.3. The molecule has 1 aliphatic heterocycles. The van der Waals surface area contributed by atoms with Crippen LogP contribution in [0, 0.1) is 11.2 Å². The molecule has 1 amide bonds. The smallest absolute Gasteiger partial charge is 0.244 e. The van der Waals surface area contributed by atoms with Gasteiger partial charge in [0, 0.05) is 65.9 Å². The molecule has 0 atom stereocenters. The number of fused-ring (bicyclic) bond motifs is 2. The van der Waals surface area contributed by atoms with Crippen LogP contribution in [0.1, 0.15) is 36.6 Å². The average Bonchev–Trinajstić information content (AvgIpc) is 3.44. The van der Waals surface area contributed by atoms with Crippen molar-refractivity contribution in [2.45, 2.75) is 38.6 Å². The minimum absolute atomic E-state index is 0.0234. The topological polar surface area (TPSA) is 102 Å². The average molecular weight is 468 g/mol. The standard InChI is InChI=1S/C23H25FN8O2/c1-14(33)31-12-23(13-31)5-3-16(4-6-23)27-21-28-20(34-2)19-18(17(24)11-32(19)29-21)15-9-26-22-25-7-8-30(22)10-15/h7-11,16H,3-6,12-13H2,1-2H3,(H,27,29)/i1D3. The molecule has 34 heavy (non-hydrogen) atoms. The van der Waals surface area contributed by atoms with Crippen molar-refractivity contribution in [3.8, 4) is 17.0 Å². The zero-order valence-electron chi connectivity index (χ0n) is 21.5. The Balaban J connectivity index is 1.19. The zero-order valence-corrected chi connectivity index (χ0v) is 18.5. The molecule has 176 valence electrons. The number of rotatable bonds is 4. The second-order valence-electron chi connectivity index (χ2n) is 9.15. The number of nitrogens with zero attached hydrogens (tertiary/aromatic N) is 7. The molecule has 1 spiro atoms. The predicted molar refractivity (Wildman–Crippen MR) is 122 cm³/mol. The lowest BCUT2D eigenvalue weighted by molar-refractivity contribution is -0.143. The van der Waals surface area contributed by atoms with E-state index >= 15 is 4.39 Å². The number of anilines is 1. The van der Waals surface area contributed by atoms with Gasteiger partial charge in [0.15, 0.2) is 5.82 Å². The Hall–Kier alpha value is -3.76. The van der Waals surface area contributed by atoms with Crippen molar-refractivity contribution < 1.29 is 18.0 Å². The number of halogens is 1. The molecule has 2 fully saturated rings. The molecule has 1 saturated heterocycles. The van der Waals surface area contributed by atoms with Crippen molar-refractivity contribution in [1.29, 1.82) is 0 Å². The lowest BCUT2D eigenvalue weighted by atomic mass is 9.67. The van der Waals surface area contributed by atoms with Gasteiger partial charge in [-0.15, -0.1) is 5.10 Å². The summed E-state index contributed by atoms with van der Waals surface area (Å²) in [7, 11) is 1.48. The molecule has 5 heterocycles. The fourth-order valence-corrected chi connectivity index (χ4v) is 5.23. The fraction of sp³-hybridized carbons (Fsp3) is 0.435. The van der Waals surface area contributed by atoms with E-state index in [1.54, 1.807) is 29.2 Å². The summed E-state index contributed by atoms with van der Waals surface area (Å²) < 4.78 is 45.7. The van der Waals surface area contributed by atoms with Crippen LogP contribution in [0.4, 0.5) is 10.3 Å². The maximum atomic E-state index is 15.1. The number of hydrogen-bond acceptors (Lipinski definition) is 7. The number of nitrogens with one attached hydrogen (secondary N) is 1. The zero-order chi connectivity index (χ0) is 25.9. The molecular formula is C23H25FN8O2. The van der Waals surface area contributed by atoms with Crippen molar-refractivity contribution in [3.05, 3.63) is 36.8 Å². The number of carbonyl (C=O) groups is 1. The summed E-state index contributed by atoms with van der Waals surface area (Å²) in [5.74, 6) is -0.191. The first-order chi connectivity index (χ1) is 17.7. The largest absolute Gasteiger partial charge is 0.479 e. The number of likely N-dealkylation sites (tertiary alicyclic amines) is 1. The highest BCUT2D eigenvalue weighted by Gasteiger charge is 2.46. The van der Waals surface area contributed by atoms with Crippen molar-refractivity contribution in [2.75, 3.05) is 25.5 Å². The van der Waals surface area contributed by atoms with Crippen LogP contribution in [-0.4, -0.2) is 66.0 Å². The van der Waals surface area contributed by atoms with E-state index < -0.39 is 18.6 Å². The third-order valence-corrected chi connectivity index (χ3v) is 7.00. The summed E-state index contributed by atoms with van der Waals surface area (Å²) in [4.78, 5) is 26.3. The third-order valence-electron chi connectivity index (χ3n) is 7.00. The van der Waals surface area contributed by atoms with Crippen LogP contribution in [0.2, 0.25) is 0 Å². The summed E-state index contributed by atoms with van der Waals surface area (Å²) in [5, 5.41) is 7.83. The minimum Gasteiger partial charge on any atom is -0.479 e. The summed E-state index contributed by atoms with van der Waals surface area (Å²) >= 11 is 0. The van der Waals surface area contributed by atoms with E-state index in [1.807, 2.05) is 0 Å². The molecule has 6 rings (SSSR count). The van der Waals surface area contributed by atoms with Gasteiger partial charge in [-0.2, -0.15) is 4.98 Å². The van der Waals surface area contributed by atoms with Crippen LogP contribution in [0.3, 0.4) is 0 Å². The lowest BCUT2D eigenvalue weighted by Crippen LogP contribution is -2.59.